The van der Waals surface area contributed by atoms with Crippen molar-refractivity contribution in [2.75, 3.05) is 6.54 Å². The number of benzene rings is 1. The zero-order valence-corrected chi connectivity index (χ0v) is 13.6. The molecule has 21 heavy (non-hydrogen) atoms. The number of ether oxygens (including phenoxy) is 1. The first-order chi connectivity index (χ1) is 10.2. The Labute approximate surface area is 133 Å². The third-order valence-electron chi connectivity index (χ3n) is 4.71. The van der Waals surface area contributed by atoms with Crippen molar-refractivity contribution >= 4 is 11.6 Å². The third kappa shape index (κ3) is 4.70. The Morgan fingerprint density at radius 1 is 1.19 bits per heavy atom. The topological polar surface area (TPSA) is 21.3 Å². The number of nitrogens with one attached hydrogen (secondary N) is 1. The molecular weight excluding hydrogens is 282 g/mol. The maximum atomic E-state index is 6.44. The summed E-state index contributed by atoms with van der Waals surface area (Å²) in [5, 5.41) is 4.40. The molecule has 2 aliphatic carbocycles. The van der Waals surface area contributed by atoms with Crippen LogP contribution in [0.15, 0.2) is 24.3 Å². The minimum atomic E-state index is 0.128. The zero-order chi connectivity index (χ0) is 14.7. The Morgan fingerprint density at radius 3 is 2.62 bits per heavy atom. The van der Waals surface area contributed by atoms with Crippen LogP contribution in [0.5, 0.6) is 0 Å². The Kier molecular flexibility index (Phi) is 5.20. The van der Waals surface area contributed by atoms with Crippen molar-refractivity contribution in [3.05, 3.63) is 34.9 Å². The highest BCUT2D eigenvalue weighted by Crippen LogP contribution is 2.31. The van der Waals surface area contributed by atoms with E-state index in [0.29, 0.717) is 12.1 Å². The summed E-state index contributed by atoms with van der Waals surface area (Å²) in [6, 6.07) is 8.84. The van der Waals surface area contributed by atoms with Gasteiger partial charge in [-0.1, -0.05) is 30.7 Å². The highest BCUT2D eigenvalue weighted by atomic mass is 35.5. The molecule has 1 atom stereocenters. The second-order valence-electron chi connectivity index (χ2n) is 6.74. The second-order valence-corrected chi connectivity index (χ2v) is 7.18. The summed E-state index contributed by atoms with van der Waals surface area (Å²) in [6.07, 6.45) is 8.13. The largest absolute Gasteiger partial charge is 0.369 e. The van der Waals surface area contributed by atoms with Gasteiger partial charge >= 0.3 is 0 Å². The number of hydrogen-bond acceptors (Lipinski definition) is 2. The molecular formula is C18H26ClNO. The quantitative estimate of drug-likeness (QED) is 0.820. The normalized spacial score (nSPS) is 27.5. The van der Waals surface area contributed by atoms with Gasteiger partial charge in [-0.2, -0.15) is 0 Å². The van der Waals surface area contributed by atoms with Crippen LogP contribution >= 0.6 is 11.6 Å². The van der Waals surface area contributed by atoms with Crippen LogP contribution in [-0.2, 0) is 4.74 Å². The van der Waals surface area contributed by atoms with E-state index in [1.54, 1.807) is 0 Å². The SMILES string of the molecule is CC1CCC(OC(CNC2CC2)c2cccc(Cl)c2)CC1. The van der Waals surface area contributed by atoms with Crippen molar-refractivity contribution in [2.45, 2.75) is 63.7 Å². The highest BCUT2D eigenvalue weighted by molar-refractivity contribution is 6.30. The van der Waals surface area contributed by atoms with Crippen LogP contribution < -0.4 is 5.32 Å². The van der Waals surface area contributed by atoms with Crippen LogP contribution in [0.1, 0.15) is 57.1 Å². The monoisotopic (exact) mass is 307 g/mol. The minimum absolute atomic E-state index is 0.128. The molecule has 0 heterocycles. The number of halogens is 1. The van der Waals surface area contributed by atoms with Crippen molar-refractivity contribution in [2.24, 2.45) is 5.92 Å². The molecule has 0 radical (unpaired) electrons. The maximum absolute atomic E-state index is 6.44. The van der Waals surface area contributed by atoms with E-state index in [-0.39, 0.29) is 6.10 Å². The third-order valence-corrected chi connectivity index (χ3v) is 4.94. The predicted molar refractivity (Wildman–Crippen MR) is 87.7 cm³/mol. The second kappa shape index (κ2) is 7.13. The standard InChI is InChI=1S/C18H26ClNO/c1-13-5-9-17(10-6-13)21-18(12-20-16-7-8-16)14-3-2-4-15(19)11-14/h2-4,11,13,16-18,20H,5-10,12H2,1H3. The van der Waals surface area contributed by atoms with Gasteiger partial charge in [0.1, 0.15) is 0 Å². The summed E-state index contributed by atoms with van der Waals surface area (Å²) in [4.78, 5) is 0. The van der Waals surface area contributed by atoms with Gasteiger partial charge in [-0.25, -0.2) is 0 Å². The summed E-state index contributed by atoms with van der Waals surface area (Å²) in [6.45, 7) is 3.25. The fraction of sp³-hybridized carbons (Fsp3) is 0.667. The first kappa shape index (κ1) is 15.3. The molecule has 0 bridgehead atoms. The molecule has 1 N–H and O–H groups in total. The summed E-state index contributed by atoms with van der Waals surface area (Å²) >= 11 is 6.15. The molecule has 0 aliphatic heterocycles. The Bertz CT molecular complexity index is 452. The molecule has 1 unspecified atom stereocenters. The van der Waals surface area contributed by atoms with Crippen molar-refractivity contribution in [1.82, 2.24) is 5.32 Å². The van der Waals surface area contributed by atoms with Crippen LogP contribution in [0.25, 0.3) is 0 Å². The molecule has 3 heteroatoms. The first-order valence-electron chi connectivity index (χ1n) is 8.35. The molecule has 116 valence electrons. The van der Waals surface area contributed by atoms with E-state index in [0.717, 1.165) is 17.5 Å². The van der Waals surface area contributed by atoms with E-state index in [1.165, 1.54) is 44.1 Å². The van der Waals surface area contributed by atoms with Gasteiger partial charge in [0.2, 0.25) is 0 Å². The van der Waals surface area contributed by atoms with Gasteiger partial charge in [0, 0.05) is 17.6 Å². The average Bonchev–Trinajstić information content (AvgIpc) is 3.30. The zero-order valence-electron chi connectivity index (χ0n) is 12.9. The lowest BCUT2D eigenvalue weighted by Gasteiger charge is -2.30. The van der Waals surface area contributed by atoms with Crippen molar-refractivity contribution in [1.29, 1.82) is 0 Å². The van der Waals surface area contributed by atoms with E-state index in [1.807, 2.05) is 18.2 Å². The summed E-state index contributed by atoms with van der Waals surface area (Å²) in [7, 11) is 0. The molecule has 0 amide bonds. The van der Waals surface area contributed by atoms with Crippen LogP contribution in [0.4, 0.5) is 0 Å². The van der Waals surface area contributed by atoms with E-state index >= 15 is 0 Å². The van der Waals surface area contributed by atoms with Gasteiger partial charge in [-0.05, 0) is 62.1 Å². The molecule has 0 spiro atoms. The lowest BCUT2D eigenvalue weighted by atomic mass is 9.89. The van der Waals surface area contributed by atoms with Crippen LogP contribution in [0.2, 0.25) is 5.02 Å². The van der Waals surface area contributed by atoms with E-state index in [2.05, 4.69) is 18.3 Å². The Morgan fingerprint density at radius 2 is 1.95 bits per heavy atom. The summed E-state index contributed by atoms with van der Waals surface area (Å²) in [5.74, 6) is 0.860. The Hall–Kier alpha value is -0.570. The highest BCUT2D eigenvalue weighted by Gasteiger charge is 2.26. The van der Waals surface area contributed by atoms with Gasteiger partial charge < -0.3 is 10.1 Å². The first-order valence-corrected chi connectivity index (χ1v) is 8.73. The van der Waals surface area contributed by atoms with Crippen LogP contribution in [-0.4, -0.2) is 18.7 Å². The molecule has 3 rings (SSSR count). The lowest BCUT2D eigenvalue weighted by Crippen LogP contribution is -2.30. The van der Waals surface area contributed by atoms with Crippen molar-refractivity contribution < 1.29 is 4.74 Å². The van der Waals surface area contributed by atoms with Gasteiger partial charge in [0.25, 0.3) is 0 Å². The summed E-state index contributed by atoms with van der Waals surface area (Å²) < 4.78 is 6.44. The van der Waals surface area contributed by atoms with E-state index in [9.17, 15) is 0 Å². The predicted octanol–water partition coefficient (Wildman–Crippen LogP) is 4.73. The molecule has 2 nitrogen and oxygen atoms in total. The Balaban J connectivity index is 1.63. The smallest absolute Gasteiger partial charge is 0.0953 e. The molecule has 2 saturated carbocycles. The van der Waals surface area contributed by atoms with Gasteiger partial charge in [0.05, 0.1) is 12.2 Å². The van der Waals surface area contributed by atoms with Gasteiger partial charge in [-0.3, -0.25) is 0 Å². The van der Waals surface area contributed by atoms with E-state index < -0.39 is 0 Å². The number of hydrogen-bond donors (Lipinski definition) is 1. The lowest BCUT2D eigenvalue weighted by molar-refractivity contribution is -0.0364. The minimum Gasteiger partial charge on any atom is -0.369 e. The van der Waals surface area contributed by atoms with E-state index in [4.69, 9.17) is 16.3 Å². The maximum Gasteiger partial charge on any atom is 0.0953 e. The number of rotatable bonds is 6. The van der Waals surface area contributed by atoms with Crippen molar-refractivity contribution in [3.63, 3.8) is 0 Å². The molecule has 2 aliphatic rings. The van der Waals surface area contributed by atoms with Crippen molar-refractivity contribution in [3.8, 4) is 0 Å². The fourth-order valence-corrected chi connectivity index (χ4v) is 3.31. The van der Waals surface area contributed by atoms with Crippen LogP contribution in [0.3, 0.4) is 0 Å². The molecule has 1 aromatic rings. The molecule has 0 aromatic heterocycles. The molecule has 2 fully saturated rings. The summed E-state index contributed by atoms with van der Waals surface area (Å²) in [5.41, 5.74) is 1.20. The van der Waals surface area contributed by atoms with Gasteiger partial charge in [-0.15, -0.1) is 0 Å². The molecule has 0 saturated heterocycles. The fourth-order valence-electron chi connectivity index (χ4n) is 3.11. The van der Waals surface area contributed by atoms with Crippen LogP contribution in [0, 0.1) is 5.92 Å². The average molecular weight is 308 g/mol. The molecule has 1 aromatic carbocycles. The van der Waals surface area contributed by atoms with Gasteiger partial charge in [0.15, 0.2) is 0 Å².